The molecular weight excluding hydrogens is 228 g/mol. The molecule has 18 heavy (non-hydrogen) atoms. The predicted molar refractivity (Wildman–Crippen MR) is 68.7 cm³/mol. The van der Waals surface area contributed by atoms with E-state index in [2.05, 4.69) is 0 Å². The molecule has 0 aromatic heterocycles. The van der Waals surface area contributed by atoms with Crippen LogP contribution < -0.4 is 4.74 Å². The maximum absolute atomic E-state index is 12.1. The Morgan fingerprint density at radius 3 is 2.50 bits per heavy atom. The molecule has 0 amide bonds. The van der Waals surface area contributed by atoms with Gasteiger partial charge in [-0.3, -0.25) is 4.79 Å². The van der Waals surface area contributed by atoms with Crippen LogP contribution in [0.1, 0.15) is 22.0 Å². The standard InChI is InChI=1S/C15H14O3/c1-18-13-9-5-8-12(10-13)15(17)14(16)11-6-3-2-4-7-11/h2-10,15,17H,1H3. The highest BCUT2D eigenvalue weighted by Crippen LogP contribution is 2.22. The number of ketones is 1. The first-order valence-electron chi connectivity index (χ1n) is 5.63. The number of aliphatic hydroxyl groups excluding tert-OH is 1. The first-order chi connectivity index (χ1) is 8.72. The van der Waals surface area contributed by atoms with Crippen LogP contribution in [0.3, 0.4) is 0 Å². The summed E-state index contributed by atoms with van der Waals surface area (Å²) in [6.45, 7) is 0. The molecule has 0 saturated carbocycles. The summed E-state index contributed by atoms with van der Waals surface area (Å²) in [6, 6.07) is 15.6. The minimum Gasteiger partial charge on any atom is -0.497 e. The van der Waals surface area contributed by atoms with Gasteiger partial charge in [0.2, 0.25) is 0 Å². The van der Waals surface area contributed by atoms with Gasteiger partial charge in [-0.15, -0.1) is 0 Å². The molecule has 2 aromatic carbocycles. The zero-order valence-corrected chi connectivity index (χ0v) is 10.0. The van der Waals surface area contributed by atoms with Crippen molar-refractivity contribution in [3.05, 3.63) is 65.7 Å². The number of aliphatic hydroxyl groups is 1. The molecule has 0 aliphatic rings. The van der Waals surface area contributed by atoms with Crippen LogP contribution in [0, 0.1) is 0 Å². The molecule has 3 heteroatoms. The van der Waals surface area contributed by atoms with Gasteiger partial charge in [0.05, 0.1) is 7.11 Å². The van der Waals surface area contributed by atoms with Crippen LogP contribution >= 0.6 is 0 Å². The van der Waals surface area contributed by atoms with Crippen molar-refractivity contribution in [2.24, 2.45) is 0 Å². The molecule has 0 saturated heterocycles. The molecule has 0 radical (unpaired) electrons. The molecule has 2 aromatic rings. The van der Waals surface area contributed by atoms with Crippen LogP contribution in [-0.4, -0.2) is 18.0 Å². The SMILES string of the molecule is COc1cccc(C(O)C(=O)c2ccccc2)c1. The van der Waals surface area contributed by atoms with E-state index in [1.807, 2.05) is 6.07 Å². The Balaban J connectivity index is 2.25. The number of carbonyl (C=O) groups excluding carboxylic acids is 1. The normalized spacial score (nSPS) is 11.9. The summed E-state index contributed by atoms with van der Waals surface area (Å²) in [7, 11) is 1.55. The first-order valence-corrected chi connectivity index (χ1v) is 5.63. The van der Waals surface area contributed by atoms with Crippen molar-refractivity contribution in [1.82, 2.24) is 0 Å². The number of carbonyl (C=O) groups is 1. The fourth-order valence-electron chi connectivity index (χ4n) is 1.72. The minimum absolute atomic E-state index is 0.316. The van der Waals surface area contributed by atoms with Gasteiger partial charge in [0.25, 0.3) is 0 Å². The third kappa shape index (κ3) is 2.57. The van der Waals surface area contributed by atoms with E-state index in [1.54, 1.807) is 55.6 Å². The molecule has 1 N–H and O–H groups in total. The quantitative estimate of drug-likeness (QED) is 0.838. The Bertz CT molecular complexity index is 534. The van der Waals surface area contributed by atoms with Crippen molar-refractivity contribution in [3.8, 4) is 5.75 Å². The molecule has 0 bridgehead atoms. The number of Topliss-reactive ketones (excluding diaryl/α,β-unsaturated/α-hetero) is 1. The monoisotopic (exact) mass is 242 g/mol. The lowest BCUT2D eigenvalue weighted by atomic mass is 10.00. The van der Waals surface area contributed by atoms with Crippen LogP contribution in [0.2, 0.25) is 0 Å². The number of methoxy groups -OCH3 is 1. The van der Waals surface area contributed by atoms with Crippen LogP contribution in [0.25, 0.3) is 0 Å². The summed E-state index contributed by atoms with van der Waals surface area (Å²) >= 11 is 0. The number of benzene rings is 2. The van der Waals surface area contributed by atoms with E-state index >= 15 is 0 Å². The smallest absolute Gasteiger partial charge is 0.195 e. The van der Waals surface area contributed by atoms with Crippen molar-refractivity contribution in [2.75, 3.05) is 7.11 Å². The predicted octanol–water partition coefficient (Wildman–Crippen LogP) is 2.61. The summed E-state index contributed by atoms with van der Waals surface area (Å²) < 4.78 is 5.07. The van der Waals surface area contributed by atoms with Gasteiger partial charge in [-0.05, 0) is 17.7 Å². The van der Waals surface area contributed by atoms with Crippen molar-refractivity contribution < 1.29 is 14.6 Å². The summed E-state index contributed by atoms with van der Waals surface area (Å²) in [5.74, 6) is 0.302. The Morgan fingerprint density at radius 2 is 1.83 bits per heavy atom. The third-order valence-electron chi connectivity index (χ3n) is 2.72. The third-order valence-corrected chi connectivity index (χ3v) is 2.72. The topological polar surface area (TPSA) is 46.5 Å². The van der Waals surface area contributed by atoms with Gasteiger partial charge in [-0.2, -0.15) is 0 Å². The largest absolute Gasteiger partial charge is 0.497 e. The maximum atomic E-state index is 12.1. The fourth-order valence-corrected chi connectivity index (χ4v) is 1.72. The molecule has 92 valence electrons. The van der Waals surface area contributed by atoms with Crippen molar-refractivity contribution in [3.63, 3.8) is 0 Å². The molecule has 0 aliphatic heterocycles. The number of hydrogen-bond donors (Lipinski definition) is 1. The highest BCUT2D eigenvalue weighted by atomic mass is 16.5. The van der Waals surface area contributed by atoms with E-state index in [0.717, 1.165) is 0 Å². The second-order valence-electron chi connectivity index (χ2n) is 3.91. The van der Waals surface area contributed by atoms with Gasteiger partial charge >= 0.3 is 0 Å². The minimum atomic E-state index is -1.16. The lowest BCUT2D eigenvalue weighted by molar-refractivity contribution is 0.0747. The van der Waals surface area contributed by atoms with E-state index in [-0.39, 0.29) is 5.78 Å². The molecule has 2 rings (SSSR count). The summed E-state index contributed by atoms with van der Waals surface area (Å²) in [4.78, 5) is 12.1. The lowest BCUT2D eigenvalue weighted by Gasteiger charge is -2.11. The van der Waals surface area contributed by atoms with Crippen LogP contribution in [0.4, 0.5) is 0 Å². The van der Waals surface area contributed by atoms with Crippen molar-refractivity contribution in [2.45, 2.75) is 6.10 Å². The van der Waals surface area contributed by atoms with E-state index in [9.17, 15) is 9.90 Å². The van der Waals surface area contributed by atoms with Gasteiger partial charge in [-0.25, -0.2) is 0 Å². The van der Waals surface area contributed by atoms with Gasteiger partial charge in [0.1, 0.15) is 11.9 Å². The summed E-state index contributed by atoms with van der Waals surface area (Å²) in [5.41, 5.74) is 1.02. The van der Waals surface area contributed by atoms with Gasteiger partial charge < -0.3 is 9.84 Å². The highest BCUT2D eigenvalue weighted by molar-refractivity contribution is 5.99. The number of ether oxygens (including phenoxy) is 1. The second kappa shape index (κ2) is 5.47. The zero-order valence-electron chi connectivity index (χ0n) is 10.0. The van der Waals surface area contributed by atoms with Gasteiger partial charge in [0, 0.05) is 5.56 Å². The molecule has 1 unspecified atom stereocenters. The zero-order chi connectivity index (χ0) is 13.0. The first kappa shape index (κ1) is 12.3. The van der Waals surface area contributed by atoms with E-state index in [4.69, 9.17) is 4.74 Å². The molecule has 1 atom stereocenters. The Hall–Kier alpha value is -2.13. The molecule has 0 heterocycles. The summed E-state index contributed by atoms with van der Waals surface area (Å²) in [6.07, 6.45) is -1.16. The van der Waals surface area contributed by atoms with Crippen LogP contribution in [0.15, 0.2) is 54.6 Å². The van der Waals surface area contributed by atoms with Gasteiger partial charge in [-0.1, -0.05) is 42.5 Å². The molecular formula is C15H14O3. The Kier molecular flexibility index (Phi) is 3.75. The average molecular weight is 242 g/mol. The fraction of sp³-hybridized carbons (Fsp3) is 0.133. The number of rotatable bonds is 4. The molecule has 0 spiro atoms. The maximum Gasteiger partial charge on any atom is 0.195 e. The lowest BCUT2D eigenvalue weighted by Crippen LogP contribution is -2.12. The Labute approximate surface area is 106 Å². The van der Waals surface area contributed by atoms with Crippen LogP contribution in [-0.2, 0) is 0 Å². The molecule has 0 aliphatic carbocycles. The van der Waals surface area contributed by atoms with Crippen molar-refractivity contribution >= 4 is 5.78 Å². The van der Waals surface area contributed by atoms with Crippen molar-refractivity contribution in [1.29, 1.82) is 0 Å². The van der Waals surface area contributed by atoms with E-state index in [1.165, 1.54) is 0 Å². The van der Waals surface area contributed by atoms with E-state index < -0.39 is 6.10 Å². The second-order valence-corrected chi connectivity index (χ2v) is 3.91. The Morgan fingerprint density at radius 1 is 1.11 bits per heavy atom. The molecule has 0 fully saturated rings. The van der Waals surface area contributed by atoms with E-state index in [0.29, 0.717) is 16.9 Å². The average Bonchev–Trinajstić information content (AvgIpc) is 2.46. The van der Waals surface area contributed by atoms with Crippen LogP contribution in [0.5, 0.6) is 5.75 Å². The summed E-state index contributed by atoms with van der Waals surface area (Å²) in [5, 5.41) is 10.1. The highest BCUT2D eigenvalue weighted by Gasteiger charge is 2.19. The number of hydrogen-bond acceptors (Lipinski definition) is 3. The van der Waals surface area contributed by atoms with Gasteiger partial charge in [0.15, 0.2) is 5.78 Å². The molecule has 3 nitrogen and oxygen atoms in total.